The Kier molecular flexibility index (Phi) is 6.84. The first-order valence-electron chi connectivity index (χ1n) is 13.6. The Morgan fingerprint density at radius 3 is 2.52 bits per heavy atom. The van der Waals surface area contributed by atoms with Gasteiger partial charge in [0.2, 0.25) is 10.0 Å². The van der Waals surface area contributed by atoms with E-state index in [1.807, 2.05) is 35.9 Å². The van der Waals surface area contributed by atoms with Crippen molar-refractivity contribution in [2.75, 3.05) is 30.8 Å². The lowest BCUT2D eigenvalue weighted by atomic mass is 9.74. The maximum absolute atomic E-state index is 13.9. The first-order valence-corrected chi connectivity index (χ1v) is 15.2. The summed E-state index contributed by atoms with van der Waals surface area (Å²) in [6.07, 6.45) is 3.89. The van der Waals surface area contributed by atoms with Crippen LogP contribution in [0, 0.1) is 12.7 Å². The molecule has 218 valence electrons. The molecule has 2 N–H and O–H groups in total. The van der Waals surface area contributed by atoms with Crippen LogP contribution in [0.5, 0.6) is 5.75 Å². The van der Waals surface area contributed by atoms with Gasteiger partial charge in [-0.25, -0.2) is 22.5 Å². The van der Waals surface area contributed by atoms with E-state index < -0.39 is 15.9 Å². The van der Waals surface area contributed by atoms with Crippen molar-refractivity contribution in [3.63, 3.8) is 0 Å². The van der Waals surface area contributed by atoms with E-state index in [9.17, 15) is 22.4 Å². The molecular formula is C29H29FN6O5S. The lowest BCUT2D eigenvalue weighted by molar-refractivity contribution is 0.0646. The van der Waals surface area contributed by atoms with Gasteiger partial charge in [0.05, 0.1) is 18.6 Å². The van der Waals surface area contributed by atoms with Crippen LogP contribution in [0.15, 0.2) is 54.9 Å². The Balaban J connectivity index is 1.32. The number of aromatic nitrogens is 3. The smallest absolute Gasteiger partial charge is 0.270 e. The zero-order chi connectivity index (χ0) is 29.6. The van der Waals surface area contributed by atoms with Gasteiger partial charge in [-0.05, 0) is 44.9 Å². The van der Waals surface area contributed by atoms with Crippen LogP contribution in [-0.2, 0) is 15.4 Å². The molecule has 0 bridgehead atoms. The highest BCUT2D eigenvalue weighted by molar-refractivity contribution is 7.90. The summed E-state index contributed by atoms with van der Waals surface area (Å²) in [7, 11) is -3.81. The summed E-state index contributed by atoms with van der Waals surface area (Å²) < 4.78 is 46.9. The number of carbonyl (C=O) groups is 2. The van der Waals surface area contributed by atoms with Crippen molar-refractivity contribution in [3.8, 4) is 5.75 Å². The van der Waals surface area contributed by atoms with Gasteiger partial charge in [-0.1, -0.05) is 23.8 Å². The predicted octanol–water partition coefficient (Wildman–Crippen LogP) is 3.57. The maximum Gasteiger partial charge on any atom is 0.270 e. The number of carbonyl (C=O) groups excluding carboxylic acids is 2. The molecule has 4 aromatic rings. The molecule has 13 heteroatoms. The van der Waals surface area contributed by atoms with Crippen LogP contribution >= 0.6 is 0 Å². The quantitative estimate of drug-likeness (QED) is 0.347. The molecule has 2 aromatic carbocycles. The molecule has 0 saturated carbocycles. The van der Waals surface area contributed by atoms with Crippen LogP contribution in [0.25, 0.3) is 5.65 Å². The maximum atomic E-state index is 13.9. The van der Waals surface area contributed by atoms with Crippen LogP contribution in [0.2, 0.25) is 0 Å². The van der Waals surface area contributed by atoms with Gasteiger partial charge in [0.1, 0.15) is 28.5 Å². The third-order valence-corrected chi connectivity index (χ3v) is 9.23. The van der Waals surface area contributed by atoms with Gasteiger partial charge < -0.3 is 15.0 Å². The minimum atomic E-state index is -3.81. The molecule has 42 heavy (non-hydrogen) atoms. The van der Waals surface area contributed by atoms with Gasteiger partial charge in [-0.2, -0.15) is 9.61 Å². The number of amides is 2. The number of halogens is 1. The Hall–Kier alpha value is -4.52. The summed E-state index contributed by atoms with van der Waals surface area (Å²) in [5.41, 5.74) is 2.70. The Morgan fingerprint density at radius 1 is 1.07 bits per heavy atom. The first kappa shape index (κ1) is 27.6. The number of aryl methyl sites for hydroxylation is 1. The monoisotopic (exact) mass is 592 g/mol. The fourth-order valence-corrected chi connectivity index (χ4v) is 6.02. The van der Waals surface area contributed by atoms with Gasteiger partial charge in [0.25, 0.3) is 11.8 Å². The highest BCUT2D eigenvalue weighted by atomic mass is 32.2. The zero-order valence-corrected chi connectivity index (χ0v) is 23.9. The van der Waals surface area contributed by atoms with Gasteiger partial charge >= 0.3 is 0 Å². The number of rotatable bonds is 6. The number of nitrogens with zero attached hydrogens (tertiary/aromatic N) is 4. The van der Waals surface area contributed by atoms with E-state index in [2.05, 4.69) is 15.4 Å². The molecule has 4 heterocycles. The summed E-state index contributed by atoms with van der Waals surface area (Å²) in [4.78, 5) is 32.8. The molecule has 2 amide bonds. The van der Waals surface area contributed by atoms with Gasteiger partial charge in [-0.15, -0.1) is 0 Å². The SMILES string of the molecule is CCS(=O)(=O)NC(=O)c1cnn2c(Nc3ccc(C)cc3)c(C(=O)N3CCC4(CC3)COc3cc(F)ccc34)cnc12. The van der Waals surface area contributed by atoms with Crippen molar-refractivity contribution in [1.29, 1.82) is 0 Å². The Morgan fingerprint density at radius 2 is 1.81 bits per heavy atom. The fourth-order valence-electron chi connectivity index (χ4n) is 5.48. The summed E-state index contributed by atoms with van der Waals surface area (Å²) in [5, 5.41) is 7.55. The number of ether oxygens (including phenoxy) is 1. The molecule has 0 unspecified atom stereocenters. The van der Waals surface area contributed by atoms with Crippen molar-refractivity contribution in [2.24, 2.45) is 0 Å². The number of anilines is 2. The second-order valence-electron chi connectivity index (χ2n) is 10.6. The van der Waals surface area contributed by atoms with Crippen LogP contribution in [0.1, 0.15) is 51.6 Å². The largest absolute Gasteiger partial charge is 0.492 e. The van der Waals surface area contributed by atoms with Crippen molar-refractivity contribution in [2.45, 2.75) is 32.1 Å². The molecule has 2 aliphatic rings. The summed E-state index contributed by atoms with van der Waals surface area (Å²) in [6.45, 7) is 4.71. The highest BCUT2D eigenvalue weighted by Crippen LogP contribution is 2.46. The number of likely N-dealkylation sites (tertiary alicyclic amines) is 1. The molecule has 2 aliphatic heterocycles. The van der Waals surface area contributed by atoms with Crippen molar-refractivity contribution < 1.29 is 27.1 Å². The standard InChI is InChI=1S/C29H29FN6O5S/c1-3-42(39,40)34-27(37)21-16-32-36-25(21)31-15-22(26(36)33-20-7-4-18(2)5-8-20)28(38)35-12-10-29(11-13-35)17-41-24-14-19(30)6-9-23(24)29/h4-9,14-16,33H,3,10-13,17H2,1-2H3,(H,34,37). The molecule has 0 radical (unpaired) electrons. The Labute approximate surface area is 241 Å². The number of nitrogens with one attached hydrogen (secondary N) is 2. The molecule has 6 rings (SSSR count). The van der Waals surface area contributed by atoms with E-state index in [0.717, 1.165) is 11.1 Å². The average Bonchev–Trinajstić information content (AvgIpc) is 3.56. The average molecular weight is 593 g/mol. The van der Waals surface area contributed by atoms with Crippen LogP contribution in [0.3, 0.4) is 0 Å². The van der Waals surface area contributed by atoms with Crippen molar-refractivity contribution in [3.05, 3.63) is 82.9 Å². The highest BCUT2D eigenvalue weighted by Gasteiger charge is 2.44. The van der Waals surface area contributed by atoms with Crippen LogP contribution < -0.4 is 14.8 Å². The minimum Gasteiger partial charge on any atom is -0.492 e. The van der Waals surface area contributed by atoms with Crippen LogP contribution in [0.4, 0.5) is 15.9 Å². The predicted molar refractivity (Wildman–Crippen MR) is 153 cm³/mol. The minimum absolute atomic E-state index is 0.0470. The van der Waals surface area contributed by atoms with E-state index >= 15 is 0 Å². The van der Waals surface area contributed by atoms with E-state index in [4.69, 9.17) is 4.74 Å². The van der Waals surface area contributed by atoms with Gasteiger partial charge in [0, 0.05) is 42.0 Å². The second kappa shape index (κ2) is 10.4. The molecule has 0 atom stereocenters. The first-order chi connectivity index (χ1) is 20.1. The van der Waals surface area contributed by atoms with Crippen molar-refractivity contribution >= 4 is 39.0 Å². The van der Waals surface area contributed by atoms with Gasteiger partial charge in [0.15, 0.2) is 5.65 Å². The fraction of sp³-hybridized carbons (Fsp3) is 0.310. The number of hydrogen-bond donors (Lipinski definition) is 2. The number of hydrogen-bond acceptors (Lipinski definition) is 8. The lowest BCUT2D eigenvalue weighted by Crippen LogP contribution is -2.46. The normalized spacial score (nSPS) is 15.8. The van der Waals surface area contributed by atoms with E-state index in [-0.39, 0.29) is 45.5 Å². The number of piperidine rings is 1. The summed E-state index contributed by atoms with van der Waals surface area (Å²) >= 11 is 0. The topological polar surface area (TPSA) is 135 Å². The lowest BCUT2D eigenvalue weighted by Gasteiger charge is -2.38. The molecule has 1 saturated heterocycles. The number of sulfonamides is 1. The van der Waals surface area contributed by atoms with Crippen LogP contribution in [-0.4, -0.2) is 65.2 Å². The molecule has 1 fully saturated rings. The summed E-state index contributed by atoms with van der Waals surface area (Å²) in [6, 6.07) is 12.1. The summed E-state index contributed by atoms with van der Waals surface area (Å²) in [5.74, 6) is -0.908. The Bertz CT molecular complexity index is 1810. The molecule has 2 aromatic heterocycles. The second-order valence-corrected chi connectivity index (χ2v) is 12.7. The molecule has 1 spiro atoms. The number of benzene rings is 2. The van der Waals surface area contributed by atoms with E-state index in [1.54, 1.807) is 11.0 Å². The molecule has 0 aliphatic carbocycles. The van der Waals surface area contributed by atoms with Gasteiger partial charge in [-0.3, -0.25) is 9.59 Å². The van der Waals surface area contributed by atoms with E-state index in [0.29, 0.717) is 44.0 Å². The zero-order valence-electron chi connectivity index (χ0n) is 23.1. The third kappa shape index (κ3) is 4.93. The van der Waals surface area contributed by atoms with E-state index in [1.165, 1.54) is 36.0 Å². The third-order valence-electron chi connectivity index (χ3n) is 7.97. The number of fused-ring (bicyclic) bond motifs is 3. The molecule has 11 nitrogen and oxygen atoms in total. The molecular weight excluding hydrogens is 563 g/mol. The van der Waals surface area contributed by atoms with Crippen molar-refractivity contribution in [1.82, 2.24) is 24.2 Å².